The van der Waals surface area contributed by atoms with Crippen LogP contribution in [-0.4, -0.2) is 65.4 Å². The van der Waals surface area contributed by atoms with Crippen LogP contribution in [-0.2, 0) is 22.4 Å². The zero-order valence-corrected chi connectivity index (χ0v) is 17.7. The second-order valence-electron chi connectivity index (χ2n) is 7.87. The number of piperazine rings is 1. The summed E-state index contributed by atoms with van der Waals surface area (Å²) in [4.78, 5) is 33.3. The molecule has 0 bridgehead atoms. The van der Waals surface area contributed by atoms with E-state index >= 15 is 0 Å². The highest BCUT2D eigenvalue weighted by Gasteiger charge is 2.26. The molecule has 2 aliphatic rings. The van der Waals surface area contributed by atoms with Crippen molar-refractivity contribution < 1.29 is 9.59 Å². The number of amides is 2. The topological polar surface area (TPSA) is 65.5 Å². The third-order valence-corrected chi connectivity index (χ3v) is 6.47. The Hall–Kier alpha value is -2.25. The number of hydrogen-bond donors (Lipinski definition) is 1. The van der Waals surface area contributed by atoms with Crippen LogP contribution >= 0.6 is 11.3 Å². The number of hydrogen-bond acceptors (Lipinski definition) is 5. The highest BCUT2D eigenvalue weighted by molar-refractivity contribution is 7.13. The lowest BCUT2D eigenvalue weighted by Crippen LogP contribution is -2.51. The van der Waals surface area contributed by atoms with Gasteiger partial charge in [-0.15, -0.1) is 11.3 Å². The van der Waals surface area contributed by atoms with Gasteiger partial charge in [0.1, 0.15) is 5.01 Å². The van der Waals surface area contributed by atoms with E-state index in [0.29, 0.717) is 32.1 Å². The van der Waals surface area contributed by atoms with E-state index in [4.69, 9.17) is 0 Å². The molecule has 29 heavy (non-hydrogen) atoms. The maximum absolute atomic E-state index is 12.7. The van der Waals surface area contributed by atoms with Gasteiger partial charge < -0.3 is 10.2 Å². The van der Waals surface area contributed by atoms with E-state index in [1.54, 1.807) is 11.3 Å². The maximum atomic E-state index is 12.7. The first kappa shape index (κ1) is 20.0. The number of aromatic nitrogens is 1. The van der Waals surface area contributed by atoms with Crippen molar-refractivity contribution in [3.63, 3.8) is 0 Å². The molecule has 2 amide bonds. The molecule has 0 radical (unpaired) electrons. The number of carbonyl (C=O) groups excluding carboxylic acids is 2. The maximum Gasteiger partial charge on any atom is 0.234 e. The summed E-state index contributed by atoms with van der Waals surface area (Å²) in [6, 6.07) is 8.86. The summed E-state index contributed by atoms with van der Waals surface area (Å²) in [6.07, 6.45) is 3.58. The van der Waals surface area contributed by atoms with Crippen molar-refractivity contribution in [1.29, 1.82) is 0 Å². The molecule has 0 atom stereocenters. The van der Waals surface area contributed by atoms with Crippen molar-refractivity contribution in [3.05, 3.63) is 40.9 Å². The van der Waals surface area contributed by atoms with E-state index in [9.17, 15) is 9.59 Å². The SMILES string of the molecule is CCc1ccc(-c2nc(CC(=O)N3CCN(CC(=O)NC4CC4)CC3)cs2)cc1. The zero-order valence-electron chi connectivity index (χ0n) is 16.9. The molecule has 1 aromatic carbocycles. The lowest BCUT2D eigenvalue weighted by Gasteiger charge is -2.34. The van der Waals surface area contributed by atoms with Crippen molar-refractivity contribution in [2.75, 3.05) is 32.7 Å². The van der Waals surface area contributed by atoms with Crippen LogP contribution in [0.4, 0.5) is 0 Å². The third kappa shape index (κ3) is 5.42. The molecule has 0 spiro atoms. The molecule has 4 rings (SSSR count). The van der Waals surface area contributed by atoms with E-state index in [-0.39, 0.29) is 11.8 Å². The number of benzene rings is 1. The van der Waals surface area contributed by atoms with E-state index in [0.717, 1.165) is 48.6 Å². The van der Waals surface area contributed by atoms with Crippen LogP contribution < -0.4 is 5.32 Å². The fraction of sp³-hybridized carbons (Fsp3) is 0.500. The predicted octanol–water partition coefficient (Wildman–Crippen LogP) is 2.34. The first-order valence-corrected chi connectivity index (χ1v) is 11.3. The number of nitrogens with zero attached hydrogens (tertiary/aromatic N) is 3. The van der Waals surface area contributed by atoms with Crippen molar-refractivity contribution in [3.8, 4) is 10.6 Å². The smallest absolute Gasteiger partial charge is 0.234 e. The Balaban J connectivity index is 1.25. The number of nitrogens with one attached hydrogen (secondary N) is 1. The first-order valence-electron chi connectivity index (χ1n) is 10.4. The van der Waals surface area contributed by atoms with E-state index < -0.39 is 0 Å². The summed E-state index contributed by atoms with van der Waals surface area (Å²) in [5.74, 6) is 0.222. The van der Waals surface area contributed by atoms with E-state index in [1.807, 2.05) is 10.3 Å². The lowest BCUT2D eigenvalue weighted by molar-refractivity contribution is -0.132. The highest BCUT2D eigenvalue weighted by Crippen LogP contribution is 2.24. The lowest BCUT2D eigenvalue weighted by atomic mass is 10.1. The van der Waals surface area contributed by atoms with Gasteiger partial charge in [0.2, 0.25) is 11.8 Å². The molecule has 0 unspecified atom stereocenters. The zero-order chi connectivity index (χ0) is 20.2. The molecule has 2 aromatic rings. The van der Waals surface area contributed by atoms with Gasteiger partial charge in [0.15, 0.2) is 0 Å². The molecule has 154 valence electrons. The summed E-state index contributed by atoms with van der Waals surface area (Å²) in [7, 11) is 0. The Morgan fingerprint density at radius 3 is 2.52 bits per heavy atom. The van der Waals surface area contributed by atoms with Crippen LogP contribution in [0.1, 0.15) is 31.0 Å². The molecule has 1 aromatic heterocycles. The number of rotatable bonds is 7. The summed E-state index contributed by atoms with van der Waals surface area (Å²) >= 11 is 1.59. The van der Waals surface area contributed by atoms with Gasteiger partial charge in [-0.3, -0.25) is 14.5 Å². The van der Waals surface area contributed by atoms with Gasteiger partial charge in [-0.25, -0.2) is 4.98 Å². The first-order chi connectivity index (χ1) is 14.1. The van der Waals surface area contributed by atoms with Gasteiger partial charge in [-0.1, -0.05) is 31.2 Å². The molecular formula is C22H28N4O2S. The van der Waals surface area contributed by atoms with E-state index in [2.05, 4.69) is 46.4 Å². The minimum Gasteiger partial charge on any atom is -0.352 e. The Kier molecular flexibility index (Phi) is 6.25. The molecule has 1 saturated heterocycles. The van der Waals surface area contributed by atoms with Crippen molar-refractivity contribution >= 4 is 23.2 Å². The average molecular weight is 413 g/mol. The third-order valence-electron chi connectivity index (χ3n) is 5.53. The van der Waals surface area contributed by atoms with Crippen LogP contribution in [0.3, 0.4) is 0 Å². The molecule has 1 N–H and O–H groups in total. The van der Waals surface area contributed by atoms with Crippen LogP contribution in [0.2, 0.25) is 0 Å². The van der Waals surface area contributed by atoms with Crippen LogP contribution in [0, 0.1) is 0 Å². The fourth-order valence-electron chi connectivity index (χ4n) is 3.53. The fourth-order valence-corrected chi connectivity index (χ4v) is 4.36. The van der Waals surface area contributed by atoms with Gasteiger partial charge in [0.25, 0.3) is 0 Å². The van der Waals surface area contributed by atoms with Crippen LogP contribution in [0.5, 0.6) is 0 Å². The van der Waals surface area contributed by atoms with Crippen molar-refractivity contribution in [2.24, 2.45) is 0 Å². The molecule has 1 aliphatic heterocycles. The molecule has 1 aliphatic carbocycles. The molecule has 1 saturated carbocycles. The second-order valence-corrected chi connectivity index (χ2v) is 8.73. The van der Waals surface area contributed by atoms with E-state index in [1.165, 1.54) is 5.56 Å². The predicted molar refractivity (Wildman–Crippen MR) is 115 cm³/mol. The minimum atomic E-state index is 0.106. The van der Waals surface area contributed by atoms with Gasteiger partial charge in [0.05, 0.1) is 18.7 Å². The number of aryl methyl sites for hydroxylation is 1. The standard InChI is InChI=1S/C22H28N4O2S/c1-2-16-3-5-17(6-4-16)22-24-19(15-29-22)13-21(28)26-11-9-25(10-12-26)14-20(27)23-18-7-8-18/h3-6,15,18H,2,7-14H2,1H3,(H,23,27). The summed E-state index contributed by atoms with van der Waals surface area (Å²) in [5.41, 5.74) is 3.25. The van der Waals surface area contributed by atoms with Gasteiger partial charge in [-0.2, -0.15) is 0 Å². The summed E-state index contributed by atoms with van der Waals surface area (Å²) in [5, 5.41) is 5.97. The van der Waals surface area contributed by atoms with Crippen molar-refractivity contribution in [2.45, 2.75) is 38.6 Å². The second kappa shape index (κ2) is 9.05. The number of carbonyl (C=O) groups is 2. The Morgan fingerprint density at radius 1 is 1.14 bits per heavy atom. The average Bonchev–Trinajstić information content (AvgIpc) is 3.43. The summed E-state index contributed by atoms with van der Waals surface area (Å²) in [6.45, 7) is 5.41. The Labute approximate surface area is 175 Å². The minimum absolute atomic E-state index is 0.106. The molecule has 2 fully saturated rings. The van der Waals surface area contributed by atoms with Crippen LogP contribution in [0.25, 0.3) is 10.6 Å². The highest BCUT2D eigenvalue weighted by atomic mass is 32.1. The molecule has 7 heteroatoms. The normalized spacial score (nSPS) is 17.3. The largest absolute Gasteiger partial charge is 0.352 e. The number of thiazole rings is 1. The van der Waals surface area contributed by atoms with Gasteiger partial charge in [0, 0.05) is 43.2 Å². The Morgan fingerprint density at radius 2 is 1.86 bits per heavy atom. The van der Waals surface area contributed by atoms with Crippen molar-refractivity contribution in [1.82, 2.24) is 20.1 Å². The van der Waals surface area contributed by atoms with Gasteiger partial charge in [-0.05, 0) is 24.8 Å². The summed E-state index contributed by atoms with van der Waals surface area (Å²) < 4.78 is 0. The van der Waals surface area contributed by atoms with Gasteiger partial charge >= 0.3 is 0 Å². The monoisotopic (exact) mass is 412 g/mol. The molecule has 2 heterocycles. The molecule has 6 nitrogen and oxygen atoms in total. The van der Waals surface area contributed by atoms with Crippen LogP contribution in [0.15, 0.2) is 29.6 Å². The molecular weight excluding hydrogens is 384 g/mol. The quantitative estimate of drug-likeness (QED) is 0.758. The Bertz CT molecular complexity index is 852.